The van der Waals surface area contributed by atoms with Crippen LogP contribution in [0.3, 0.4) is 0 Å². The van der Waals surface area contributed by atoms with Crippen molar-refractivity contribution in [1.82, 2.24) is 15.1 Å². The number of nitrogens with zero attached hydrogens (tertiary/aromatic N) is 3. The maximum Gasteiger partial charge on any atom is 0.106 e. The second kappa shape index (κ2) is 6.72. The summed E-state index contributed by atoms with van der Waals surface area (Å²) >= 11 is 0. The normalized spacial score (nSPS) is 14.4. The third kappa shape index (κ3) is 4.36. The molecule has 1 atom stereocenters. The van der Waals surface area contributed by atoms with Crippen molar-refractivity contribution in [3.8, 4) is 6.07 Å². The third-order valence-electron chi connectivity index (χ3n) is 3.46. The SMILES string of the molecule is CCC(C#N)(CCCn1nc(C)cc1C)NC(C)C. The van der Waals surface area contributed by atoms with Gasteiger partial charge < -0.3 is 0 Å². The van der Waals surface area contributed by atoms with Crippen molar-refractivity contribution < 1.29 is 0 Å². The van der Waals surface area contributed by atoms with Crippen LogP contribution >= 0.6 is 0 Å². The van der Waals surface area contributed by atoms with E-state index in [1.807, 2.05) is 11.6 Å². The quantitative estimate of drug-likeness (QED) is 0.822. The molecule has 106 valence electrons. The molecule has 0 fully saturated rings. The minimum Gasteiger partial charge on any atom is -0.297 e. The van der Waals surface area contributed by atoms with E-state index < -0.39 is 5.54 Å². The van der Waals surface area contributed by atoms with Gasteiger partial charge in [0.05, 0.1) is 11.8 Å². The zero-order valence-corrected chi connectivity index (χ0v) is 12.8. The van der Waals surface area contributed by atoms with Crippen molar-refractivity contribution in [2.75, 3.05) is 0 Å². The highest BCUT2D eigenvalue weighted by molar-refractivity contribution is 5.08. The van der Waals surface area contributed by atoms with E-state index in [-0.39, 0.29) is 0 Å². The fourth-order valence-corrected chi connectivity index (χ4v) is 2.50. The molecule has 0 aliphatic rings. The monoisotopic (exact) mass is 262 g/mol. The number of nitriles is 1. The van der Waals surface area contributed by atoms with Crippen LogP contribution in [0.2, 0.25) is 0 Å². The maximum absolute atomic E-state index is 9.45. The molecule has 1 aromatic heterocycles. The predicted molar refractivity (Wildman–Crippen MR) is 77.8 cm³/mol. The average Bonchev–Trinajstić information content (AvgIpc) is 2.66. The highest BCUT2D eigenvalue weighted by Crippen LogP contribution is 2.18. The molecule has 0 saturated heterocycles. The molecular weight excluding hydrogens is 236 g/mol. The van der Waals surface area contributed by atoms with Gasteiger partial charge in [-0.05, 0) is 53.0 Å². The first-order valence-electron chi connectivity index (χ1n) is 7.12. The van der Waals surface area contributed by atoms with Gasteiger partial charge in [-0.3, -0.25) is 10.00 Å². The molecule has 0 bridgehead atoms. The van der Waals surface area contributed by atoms with E-state index in [4.69, 9.17) is 0 Å². The lowest BCUT2D eigenvalue weighted by Gasteiger charge is -2.29. The number of hydrogen-bond donors (Lipinski definition) is 1. The summed E-state index contributed by atoms with van der Waals surface area (Å²) in [5.41, 5.74) is 1.85. The van der Waals surface area contributed by atoms with Crippen molar-refractivity contribution in [2.45, 2.75) is 72.0 Å². The van der Waals surface area contributed by atoms with Gasteiger partial charge in [0.2, 0.25) is 0 Å². The fraction of sp³-hybridized carbons (Fsp3) is 0.733. The van der Waals surface area contributed by atoms with Gasteiger partial charge in [-0.1, -0.05) is 6.92 Å². The summed E-state index contributed by atoms with van der Waals surface area (Å²) in [5.74, 6) is 0. The fourth-order valence-electron chi connectivity index (χ4n) is 2.50. The van der Waals surface area contributed by atoms with Gasteiger partial charge in [-0.2, -0.15) is 10.4 Å². The summed E-state index contributed by atoms with van der Waals surface area (Å²) in [5, 5.41) is 17.3. The molecule has 0 aromatic carbocycles. The molecule has 0 aliphatic carbocycles. The van der Waals surface area contributed by atoms with Gasteiger partial charge in [-0.15, -0.1) is 0 Å². The molecule has 1 heterocycles. The minimum atomic E-state index is -0.399. The molecule has 19 heavy (non-hydrogen) atoms. The third-order valence-corrected chi connectivity index (χ3v) is 3.46. The van der Waals surface area contributed by atoms with Crippen molar-refractivity contribution in [3.05, 3.63) is 17.5 Å². The molecular formula is C15H26N4. The van der Waals surface area contributed by atoms with E-state index in [1.54, 1.807) is 0 Å². The lowest BCUT2D eigenvalue weighted by molar-refractivity contribution is 0.326. The first kappa shape index (κ1) is 15.7. The second-order valence-corrected chi connectivity index (χ2v) is 5.60. The van der Waals surface area contributed by atoms with E-state index in [1.165, 1.54) is 5.69 Å². The molecule has 0 spiro atoms. The molecule has 0 saturated carbocycles. The van der Waals surface area contributed by atoms with Gasteiger partial charge in [0, 0.05) is 18.3 Å². The Labute approximate surface area is 116 Å². The average molecular weight is 262 g/mol. The van der Waals surface area contributed by atoms with Crippen molar-refractivity contribution in [1.29, 1.82) is 5.26 Å². The van der Waals surface area contributed by atoms with Crippen molar-refractivity contribution >= 4 is 0 Å². The van der Waals surface area contributed by atoms with Crippen LogP contribution in [0, 0.1) is 25.2 Å². The molecule has 1 rings (SSSR count). The lowest BCUT2D eigenvalue weighted by Crippen LogP contribution is -2.47. The van der Waals surface area contributed by atoms with E-state index in [0.29, 0.717) is 6.04 Å². The Kier molecular flexibility index (Phi) is 5.56. The molecule has 1 N–H and O–H groups in total. The Morgan fingerprint density at radius 3 is 2.58 bits per heavy atom. The van der Waals surface area contributed by atoms with Crippen LogP contribution < -0.4 is 5.32 Å². The van der Waals surface area contributed by atoms with Crippen molar-refractivity contribution in [3.63, 3.8) is 0 Å². The van der Waals surface area contributed by atoms with E-state index >= 15 is 0 Å². The van der Waals surface area contributed by atoms with E-state index in [2.05, 4.69) is 50.2 Å². The van der Waals surface area contributed by atoms with Gasteiger partial charge >= 0.3 is 0 Å². The Balaban J connectivity index is 2.58. The Hall–Kier alpha value is -1.34. The lowest BCUT2D eigenvalue weighted by atomic mass is 9.91. The number of rotatable bonds is 7. The first-order valence-corrected chi connectivity index (χ1v) is 7.12. The highest BCUT2D eigenvalue weighted by Gasteiger charge is 2.27. The van der Waals surface area contributed by atoms with Crippen molar-refractivity contribution in [2.24, 2.45) is 0 Å². The summed E-state index contributed by atoms with van der Waals surface area (Å²) in [4.78, 5) is 0. The summed E-state index contributed by atoms with van der Waals surface area (Å²) in [6, 6.07) is 4.88. The molecule has 1 aromatic rings. The van der Waals surface area contributed by atoms with Gasteiger partial charge in [0.15, 0.2) is 0 Å². The zero-order chi connectivity index (χ0) is 14.5. The Morgan fingerprint density at radius 1 is 1.47 bits per heavy atom. The van der Waals surface area contributed by atoms with Crippen LogP contribution in [-0.4, -0.2) is 21.4 Å². The first-order chi connectivity index (χ1) is 8.92. The molecule has 0 amide bonds. The molecule has 4 nitrogen and oxygen atoms in total. The Morgan fingerprint density at radius 2 is 2.16 bits per heavy atom. The largest absolute Gasteiger partial charge is 0.297 e. The van der Waals surface area contributed by atoms with Crippen LogP contribution in [0.25, 0.3) is 0 Å². The number of hydrogen-bond acceptors (Lipinski definition) is 3. The molecule has 0 aliphatic heterocycles. The number of aromatic nitrogens is 2. The Bertz CT molecular complexity index is 441. The van der Waals surface area contributed by atoms with Gasteiger partial charge in [-0.25, -0.2) is 0 Å². The molecule has 4 heteroatoms. The van der Waals surface area contributed by atoms with E-state index in [0.717, 1.165) is 31.5 Å². The zero-order valence-electron chi connectivity index (χ0n) is 12.8. The van der Waals surface area contributed by atoms with Gasteiger partial charge in [0.25, 0.3) is 0 Å². The van der Waals surface area contributed by atoms with Gasteiger partial charge in [0.1, 0.15) is 5.54 Å². The topological polar surface area (TPSA) is 53.6 Å². The molecule has 1 unspecified atom stereocenters. The van der Waals surface area contributed by atoms with E-state index in [9.17, 15) is 5.26 Å². The second-order valence-electron chi connectivity index (χ2n) is 5.60. The van der Waals surface area contributed by atoms with Crippen LogP contribution in [0.4, 0.5) is 0 Å². The van der Waals surface area contributed by atoms with Crippen LogP contribution in [0.15, 0.2) is 6.07 Å². The highest BCUT2D eigenvalue weighted by atomic mass is 15.3. The summed E-state index contributed by atoms with van der Waals surface area (Å²) < 4.78 is 2.03. The van der Waals surface area contributed by atoms with Crippen LogP contribution in [-0.2, 0) is 6.54 Å². The van der Waals surface area contributed by atoms with Crippen LogP contribution in [0.1, 0.15) is 51.4 Å². The number of aryl methyl sites for hydroxylation is 3. The molecule has 0 radical (unpaired) electrons. The standard InChI is InChI=1S/C15H26N4/c1-6-15(11-16,17-12(2)3)8-7-9-19-14(5)10-13(4)18-19/h10,12,17H,6-9H2,1-5H3. The summed E-state index contributed by atoms with van der Waals surface area (Å²) in [7, 11) is 0. The van der Waals surface area contributed by atoms with Crippen LogP contribution in [0.5, 0.6) is 0 Å². The predicted octanol–water partition coefficient (Wildman–Crippen LogP) is 2.95. The minimum absolute atomic E-state index is 0.327. The number of nitrogens with one attached hydrogen (secondary N) is 1. The summed E-state index contributed by atoms with van der Waals surface area (Å²) in [6.07, 6.45) is 2.65. The smallest absolute Gasteiger partial charge is 0.106 e. The summed E-state index contributed by atoms with van der Waals surface area (Å²) in [6.45, 7) is 11.2. The maximum atomic E-state index is 9.45.